The van der Waals surface area contributed by atoms with Crippen molar-refractivity contribution in [3.63, 3.8) is 0 Å². The summed E-state index contributed by atoms with van der Waals surface area (Å²) in [6.07, 6.45) is -2.73. The summed E-state index contributed by atoms with van der Waals surface area (Å²) in [7, 11) is 0. The molecule has 2 fully saturated rings. The predicted molar refractivity (Wildman–Crippen MR) is 109 cm³/mol. The van der Waals surface area contributed by atoms with Gasteiger partial charge < -0.3 is 20.1 Å². The first-order chi connectivity index (χ1) is 16.1. The minimum atomic E-state index is -4.87. The number of halogens is 4. The summed E-state index contributed by atoms with van der Waals surface area (Å²) >= 11 is 0. The smallest absolute Gasteiger partial charge is 0.443 e. The lowest BCUT2D eigenvalue weighted by atomic mass is 10.0. The maximum Gasteiger partial charge on any atom is 0.574 e. The average Bonchev–Trinajstić information content (AvgIpc) is 3.11. The third-order valence-electron chi connectivity index (χ3n) is 5.96. The molecule has 0 unspecified atom stereocenters. The van der Waals surface area contributed by atoms with Gasteiger partial charge in [-0.1, -0.05) is 0 Å². The fourth-order valence-corrected chi connectivity index (χ4v) is 3.95. The number of nitrogens with one attached hydrogen (secondary N) is 3. The lowest BCUT2D eigenvalue weighted by Crippen LogP contribution is -2.38. The quantitative estimate of drug-likeness (QED) is 0.454. The molecule has 3 aromatic heterocycles. The number of carbonyl (C=O) groups excluding carboxylic acids is 1. The van der Waals surface area contributed by atoms with Gasteiger partial charge in [-0.25, -0.2) is 18.7 Å². The van der Waals surface area contributed by atoms with Crippen LogP contribution in [-0.4, -0.2) is 55.1 Å². The monoisotopic (exact) mass is 483 g/mol. The number of amides is 1. The van der Waals surface area contributed by atoms with Crippen LogP contribution in [0.5, 0.6) is 5.88 Å². The van der Waals surface area contributed by atoms with Crippen molar-refractivity contribution in [2.45, 2.75) is 62.7 Å². The first kappa shape index (κ1) is 22.2. The van der Waals surface area contributed by atoms with Crippen molar-refractivity contribution < 1.29 is 31.8 Å². The number of ether oxygens (including phenoxy) is 2. The van der Waals surface area contributed by atoms with Gasteiger partial charge in [0.2, 0.25) is 5.88 Å². The number of alkyl carbamates (subject to hydrolysis) is 1. The number of hydrogen-bond donors (Lipinski definition) is 3. The van der Waals surface area contributed by atoms with Gasteiger partial charge in [0, 0.05) is 41.7 Å². The lowest BCUT2D eigenvalue weighted by molar-refractivity contribution is -0.276. The van der Waals surface area contributed by atoms with Gasteiger partial charge in [-0.15, -0.1) is 18.3 Å². The second-order valence-corrected chi connectivity index (χ2v) is 8.78. The SMILES string of the molecule is CC1(NC(=O)O[C@H]2C[C@@H](c3cc(Nc4nccn5nc(OC(F)(F)F)cc45)n[nH]3)C[C@H]2F)CC1. The first-order valence-corrected chi connectivity index (χ1v) is 10.6. The predicted octanol–water partition coefficient (Wildman–Crippen LogP) is 3.96. The summed E-state index contributed by atoms with van der Waals surface area (Å²) in [5, 5.41) is 16.3. The minimum Gasteiger partial charge on any atom is -0.443 e. The minimum absolute atomic E-state index is 0.158. The molecule has 3 atom stereocenters. The second-order valence-electron chi connectivity index (χ2n) is 8.78. The topological polar surface area (TPSA) is 118 Å². The molecule has 1 amide bonds. The highest BCUT2D eigenvalue weighted by Gasteiger charge is 2.42. The highest BCUT2D eigenvalue weighted by Crippen LogP contribution is 2.39. The molecule has 34 heavy (non-hydrogen) atoms. The van der Waals surface area contributed by atoms with E-state index in [0.29, 0.717) is 17.9 Å². The van der Waals surface area contributed by atoms with Crippen LogP contribution < -0.4 is 15.4 Å². The Labute approximate surface area is 190 Å². The Bertz CT molecular complexity index is 1210. The molecule has 2 saturated carbocycles. The molecule has 5 rings (SSSR count). The third-order valence-corrected chi connectivity index (χ3v) is 5.96. The number of aromatic amines is 1. The maximum atomic E-state index is 14.5. The molecule has 0 aromatic carbocycles. The Morgan fingerprint density at radius 3 is 2.82 bits per heavy atom. The van der Waals surface area contributed by atoms with E-state index in [1.807, 2.05) is 6.92 Å². The molecule has 182 valence electrons. The van der Waals surface area contributed by atoms with E-state index in [1.165, 1.54) is 16.9 Å². The van der Waals surface area contributed by atoms with Crippen molar-refractivity contribution in [1.29, 1.82) is 0 Å². The molecular weight excluding hydrogens is 462 g/mol. The summed E-state index contributed by atoms with van der Waals surface area (Å²) in [5.74, 6) is -0.351. The van der Waals surface area contributed by atoms with Crippen LogP contribution >= 0.6 is 0 Å². The number of aromatic nitrogens is 5. The van der Waals surface area contributed by atoms with E-state index in [4.69, 9.17) is 4.74 Å². The van der Waals surface area contributed by atoms with E-state index >= 15 is 0 Å². The number of nitrogens with zero attached hydrogens (tertiary/aromatic N) is 4. The Hall–Kier alpha value is -3.58. The van der Waals surface area contributed by atoms with Crippen LogP contribution in [0.15, 0.2) is 24.5 Å². The molecule has 3 heterocycles. The number of alkyl halides is 4. The number of H-pyrrole nitrogens is 1. The Morgan fingerprint density at radius 2 is 2.09 bits per heavy atom. The molecule has 0 saturated heterocycles. The van der Waals surface area contributed by atoms with E-state index in [2.05, 4.69) is 35.7 Å². The third kappa shape index (κ3) is 4.84. The standard InChI is InChI=1S/C20H21F4N7O3/c1-19(2-3-19)27-18(32)33-14-7-10(6-11(14)21)12-8-15(29-28-12)26-17-13-9-16(34-20(22,23)24)30-31(13)5-4-25-17/h4-5,8-11,14H,2-3,6-7H2,1H3,(H,27,32)(H2,25,26,28,29)/t10-,11+,14-/m0/s1. The number of anilines is 2. The molecule has 0 bridgehead atoms. The van der Waals surface area contributed by atoms with Crippen molar-refractivity contribution in [2.75, 3.05) is 5.32 Å². The summed E-state index contributed by atoms with van der Waals surface area (Å²) in [6.45, 7) is 1.90. The zero-order valence-corrected chi connectivity index (χ0v) is 17.9. The maximum absolute atomic E-state index is 14.5. The molecule has 14 heteroatoms. The molecule has 10 nitrogen and oxygen atoms in total. The summed E-state index contributed by atoms with van der Waals surface area (Å²) in [6, 6.07) is 2.75. The molecule has 3 aromatic rings. The van der Waals surface area contributed by atoms with Crippen molar-refractivity contribution in [3.05, 3.63) is 30.2 Å². The van der Waals surface area contributed by atoms with Gasteiger partial charge in [-0.2, -0.15) is 5.10 Å². The van der Waals surface area contributed by atoms with Crippen LogP contribution in [0.3, 0.4) is 0 Å². The van der Waals surface area contributed by atoms with Gasteiger partial charge in [-0.3, -0.25) is 5.10 Å². The summed E-state index contributed by atoms with van der Waals surface area (Å²) in [4.78, 5) is 16.1. The normalized spacial score (nSPS) is 23.6. The Balaban J connectivity index is 1.25. The molecule has 2 aliphatic rings. The summed E-state index contributed by atoms with van der Waals surface area (Å²) in [5.41, 5.74) is 0.615. The van der Waals surface area contributed by atoms with Crippen LogP contribution in [-0.2, 0) is 4.74 Å². The fraction of sp³-hybridized carbons (Fsp3) is 0.500. The molecule has 0 aliphatic heterocycles. The molecule has 3 N–H and O–H groups in total. The van der Waals surface area contributed by atoms with Crippen LogP contribution in [0.25, 0.3) is 5.52 Å². The fourth-order valence-electron chi connectivity index (χ4n) is 3.95. The van der Waals surface area contributed by atoms with Gasteiger partial charge in [0.05, 0.1) is 0 Å². The highest BCUT2D eigenvalue weighted by atomic mass is 19.4. The van der Waals surface area contributed by atoms with Crippen LogP contribution in [0.4, 0.5) is 34.0 Å². The van der Waals surface area contributed by atoms with Crippen molar-refractivity contribution >= 4 is 23.2 Å². The number of rotatable bonds is 6. The first-order valence-electron chi connectivity index (χ1n) is 10.6. The Kier molecular flexibility index (Phi) is 5.24. The Morgan fingerprint density at radius 1 is 1.29 bits per heavy atom. The van der Waals surface area contributed by atoms with Gasteiger partial charge >= 0.3 is 12.5 Å². The van der Waals surface area contributed by atoms with E-state index in [1.54, 1.807) is 6.07 Å². The van der Waals surface area contributed by atoms with E-state index in [-0.39, 0.29) is 29.2 Å². The highest BCUT2D eigenvalue weighted by molar-refractivity contribution is 5.73. The van der Waals surface area contributed by atoms with Gasteiger partial charge in [0.1, 0.15) is 17.8 Å². The van der Waals surface area contributed by atoms with Gasteiger partial charge in [0.25, 0.3) is 0 Å². The van der Waals surface area contributed by atoms with Crippen LogP contribution in [0.2, 0.25) is 0 Å². The molecule has 0 spiro atoms. The molecular formula is C20H21F4N7O3. The van der Waals surface area contributed by atoms with Crippen molar-refractivity contribution in [2.24, 2.45) is 0 Å². The van der Waals surface area contributed by atoms with E-state index < -0.39 is 30.6 Å². The zero-order valence-electron chi connectivity index (χ0n) is 17.9. The number of hydrogen-bond acceptors (Lipinski definition) is 7. The van der Waals surface area contributed by atoms with Gasteiger partial charge in [0.15, 0.2) is 11.6 Å². The van der Waals surface area contributed by atoms with Crippen molar-refractivity contribution in [3.8, 4) is 5.88 Å². The zero-order chi connectivity index (χ0) is 24.1. The lowest BCUT2D eigenvalue weighted by Gasteiger charge is -2.17. The van der Waals surface area contributed by atoms with Crippen molar-refractivity contribution in [1.82, 2.24) is 30.1 Å². The molecule has 2 aliphatic carbocycles. The number of fused-ring (bicyclic) bond motifs is 1. The van der Waals surface area contributed by atoms with E-state index in [0.717, 1.165) is 18.9 Å². The van der Waals surface area contributed by atoms with Gasteiger partial charge in [-0.05, 0) is 32.6 Å². The average molecular weight is 483 g/mol. The van der Waals surface area contributed by atoms with Crippen LogP contribution in [0, 0.1) is 0 Å². The second kappa shape index (κ2) is 8.02. The van der Waals surface area contributed by atoms with E-state index in [9.17, 15) is 22.4 Å². The van der Waals surface area contributed by atoms with Crippen LogP contribution in [0.1, 0.15) is 44.2 Å². The number of carbonyl (C=O) groups is 1. The molecule has 0 radical (unpaired) electrons. The summed E-state index contributed by atoms with van der Waals surface area (Å²) < 4.78 is 62.3. The largest absolute Gasteiger partial charge is 0.574 e.